The summed E-state index contributed by atoms with van der Waals surface area (Å²) in [5, 5.41) is 1.60. The summed E-state index contributed by atoms with van der Waals surface area (Å²) >= 11 is 0. The van der Waals surface area contributed by atoms with Gasteiger partial charge in [-0.1, -0.05) is 0 Å². The number of nitrogens with zero attached hydrogens (tertiary/aromatic N) is 1. The van der Waals surface area contributed by atoms with E-state index in [1.165, 1.54) is 0 Å². The van der Waals surface area contributed by atoms with E-state index in [1.807, 2.05) is 0 Å². The maximum atomic E-state index is 10.8. The molecular weight excluding hydrogens is 130 g/mol. The quantitative estimate of drug-likeness (QED) is 0.517. The van der Waals surface area contributed by atoms with Gasteiger partial charge in [-0.2, -0.15) is 0 Å². The molecule has 0 spiro atoms. The molecule has 0 rings (SSSR count). The van der Waals surface area contributed by atoms with Gasteiger partial charge < -0.3 is 5.73 Å². The molecule has 3 N–H and O–H groups in total. The van der Waals surface area contributed by atoms with Crippen LogP contribution in [-0.2, 0) is 4.79 Å². The van der Waals surface area contributed by atoms with Crippen LogP contribution >= 0.6 is 0 Å². The minimum atomic E-state index is -0.0695. The molecule has 0 heterocycles. The Labute approximate surface area is 61.3 Å². The molecule has 0 saturated heterocycles. The minimum Gasteiger partial charge on any atom is -0.327 e. The Morgan fingerprint density at radius 2 is 2.20 bits per heavy atom. The maximum Gasteiger partial charge on any atom is 0.235 e. The average molecular weight is 145 g/mol. The van der Waals surface area contributed by atoms with E-state index in [4.69, 9.17) is 5.73 Å². The Hall–Kier alpha value is -0.610. The Bertz CT molecular complexity index is 99.6. The second-order valence-corrected chi connectivity index (χ2v) is 2.61. The van der Waals surface area contributed by atoms with E-state index in [0.717, 1.165) is 0 Å². The Morgan fingerprint density at radius 3 is 2.50 bits per heavy atom. The van der Waals surface area contributed by atoms with Crippen LogP contribution in [0.5, 0.6) is 0 Å². The van der Waals surface area contributed by atoms with Gasteiger partial charge in [-0.15, -0.1) is 0 Å². The summed E-state index contributed by atoms with van der Waals surface area (Å²) < 4.78 is 0. The molecule has 0 aromatic heterocycles. The summed E-state index contributed by atoms with van der Waals surface area (Å²) in [5.74, 6) is -0.0417. The third-order valence-electron chi connectivity index (χ3n) is 0.856. The highest BCUT2D eigenvalue weighted by Gasteiger charge is 2.03. The lowest BCUT2D eigenvalue weighted by atomic mass is 10.2. The number of nitrogens with two attached hydrogens (primary N) is 1. The zero-order valence-corrected chi connectivity index (χ0v) is 6.72. The molecule has 0 aliphatic rings. The lowest BCUT2D eigenvalue weighted by molar-refractivity contribution is -0.125. The number of amides is 1. The zero-order valence-electron chi connectivity index (χ0n) is 6.72. The van der Waals surface area contributed by atoms with Crippen LogP contribution < -0.4 is 11.2 Å². The van der Waals surface area contributed by atoms with E-state index in [9.17, 15) is 4.79 Å². The molecule has 4 heteroatoms. The van der Waals surface area contributed by atoms with Crippen LogP contribution in [0.2, 0.25) is 0 Å². The molecule has 0 saturated carbocycles. The van der Waals surface area contributed by atoms with Crippen molar-refractivity contribution in [3.8, 4) is 0 Å². The van der Waals surface area contributed by atoms with Gasteiger partial charge in [0.05, 0.1) is 0 Å². The van der Waals surface area contributed by atoms with Gasteiger partial charge in [0.15, 0.2) is 0 Å². The van der Waals surface area contributed by atoms with E-state index in [1.54, 1.807) is 26.0 Å². The largest absolute Gasteiger partial charge is 0.327 e. The number of hydrazine groups is 1. The maximum absolute atomic E-state index is 10.8. The smallest absolute Gasteiger partial charge is 0.235 e. The second-order valence-electron chi connectivity index (χ2n) is 2.61. The van der Waals surface area contributed by atoms with Gasteiger partial charge in [-0.3, -0.25) is 10.2 Å². The third-order valence-corrected chi connectivity index (χ3v) is 0.856. The van der Waals surface area contributed by atoms with Gasteiger partial charge in [0.25, 0.3) is 0 Å². The fourth-order valence-electron chi connectivity index (χ4n) is 0.587. The van der Waals surface area contributed by atoms with E-state index in [-0.39, 0.29) is 11.9 Å². The van der Waals surface area contributed by atoms with E-state index in [2.05, 4.69) is 5.43 Å². The van der Waals surface area contributed by atoms with E-state index in [0.29, 0.717) is 6.42 Å². The molecule has 1 unspecified atom stereocenters. The lowest BCUT2D eigenvalue weighted by Gasteiger charge is -2.12. The van der Waals surface area contributed by atoms with Crippen molar-refractivity contribution >= 4 is 5.91 Å². The molecule has 0 aromatic carbocycles. The molecular formula is C6H15N3O. The van der Waals surface area contributed by atoms with Crippen LogP contribution in [0.25, 0.3) is 0 Å². The summed E-state index contributed by atoms with van der Waals surface area (Å²) in [5.41, 5.74) is 7.98. The van der Waals surface area contributed by atoms with Crippen LogP contribution in [0.3, 0.4) is 0 Å². The first-order valence-electron chi connectivity index (χ1n) is 3.24. The van der Waals surface area contributed by atoms with Crippen LogP contribution in [0, 0.1) is 0 Å². The van der Waals surface area contributed by atoms with E-state index < -0.39 is 0 Å². The predicted molar refractivity (Wildman–Crippen MR) is 40.1 cm³/mol. The fourth-order valence-corrected chi connectivity index (χ4v) is 0.587. The molecule has 0 radical (unpaired) electrons. The van der Waals surface area contributed by atoms with Gasteiger partial charge in [0.1, 0.15) is 0 Å². The topological polar surface area (TPSA) is 58.4 Å². The van der Waals surface area contributed by atoms with Gasteiger partial charge in [0.2, 0.25) is 5.91 Å². The van der Waals surface area contributed by atoms with Gasteiger partial charge in [-0.05, 0) is 6.92 Å². The van der Waals surface area contributed by atoms with Crippen LogP contribution in [0.1, 0.15) is 13.3 Å². The zero-order chi connectivity index (χ0) is 8.15. The molecule has 0 aromatic rings. The fraction of sp³-hybridized carbons (Fsp3) is 0.833. The highest BCUT2D eigenvalue weighted by Crippen LogP contribution is 1.84. The summed E-state index contributed by atoms with van der Waals surface area (Å²) in [6, 6.07) is -0.0695. The number of carbonyl (C=O) groups excluding carboxylic acids is 1. The molecule has 10 heavy (non-hydrogen) atoms. The Morgan fingerprint density at radius 1 is 1.70 bits per heavy atom. The normalized spacial score (nSPS) is 13.3. The Balaban J connectivity index is 3.44. The number of carbonyl (C=O) groups is 1. The monoisotopic (exact) mass is 145 g/mol. The number of hydrogen-bond donors (Lipinski definition) is 2. The lowest BCUT2D eigenvalue weighted by Crippen LogP contribution is -2.38. The SMILES string of the molecule is CC(N)CC(=O)NN(C)C. The highest BCUT2D eigenvalue weighted by atomic mass is 16.2. The van der Waals surface area contributed by atoms with Crippen LogP contribution in [0.15, 0.2) is 0 Å². The van der Waals surface area contributed by atoms with Crippen molar-refractivity contribution in [2.75, 3.05) is 14.1 Å². The van der Waals surface area contributed by atoms with E-state index >= 15 is 0 Å². The van der Waals surface area contributed by atoms with Crippen molar-refractivity contribution in [2.24, 2.45) is 5.73 Å². The molecule has 0 aliphatic heterocycles. The first-order chi connectivity index (χ1) is 4.52. The highest BCUT2D eigenvalue weighted by molar-refractivity contribution is 5.75. The Kier molecular flexibility index (Phi) is 3.99. The molecule has 0 fully saturated rings. The molecule has 1 amide bonds. The first-order valence-corrected chi connectivity index (χ1v) is 3.24. The van der Waals surface area contributed by atoms with Gasteiger partial charge >= 0.3 is 0 Å². The van der Waals surface area contributed by atoms with Crippen molar-refractivity contribution < 1.29 is 4.79 Å². The third kappa shape index (κ3) is 5.53. The average Bonchev–Trinajstić information content (AvgIpc) is 1.58. The van der Waals surface area contributed by atoms with Crippen molar-refractivity contribution in [1.82, 2.24) is 10.4 Å². The predicted octanol–water partition coefficient (Wildman–Crippen LogP) is -0.683. The molecule has 1 atom stereocenters. The molecule has 4 nitrogen and oxygen atoms in total. The van der Waals surface area contributed by atoms with Crippen molar-refractivity contribution in [3.63, 3.8) is 0 Å². The van der Waals surface area contributed by atoms with Crippen molar-refractivity contribution in [1.29, 1.82) is 0 Å². The van der Waals surface area contributed by atoms with Gasteiger partial charge in [-0.25, -0.2) is 5.01 Å². The first kappa shape index (κ1) is 9.39. The van der Waals surface area contributed by atoms with Crippen LogP contribution in [0.4, 0.5) is 0 Å². The van der Waals surface area contributed by atoms with Gasteiger partial charge in [0, 0.05) is 26.6 Å². The van der Waals surface area contributed by atoms with Crippen molar-refractivity contribution in [3.05, 3.63) is 0 Å². The molecule has 0 aliphatic carbocycles. The number of rotatable bonds is 3. The standard InChI is InChI=1S/C6H15N3O/c1-5(7)4-6(10)8-9(2)3/h5H,4,7H2,1-3H3,(H,8,10). The summed E-state index contributed by atoms with van der Waals surface area (Å²) in [7, 11) is 3.53. The summed E-state index contributed by atoms with van der Waals surface area (Å²) in [4.78, 5) is 10.8. The summed E-state index contributed by atoms with van der Waals surface area (Å²) in [6.07, 6.45) is 0.373. The molecule has 0 bridgehead atoms. The number of nitrogens with one attached hydrogen (secondary N) is 1. The second kappa shape index (κ2) is 4.24. The molecule has 60 valence electrons. The van der Waals surface area contributed by atoms with Crippen LogP contribution in [-0.4, -0.2) is 31.1 Å². The summed E-state index contributed by atoms with van der Waals surface area (Å²) in [6.45, 7) is 1.80. The minimum absolute atomic E-state index is 0.0417. The van der Waals surface area contributed by atoms with Crippen molar-refractivity contribution in [2.45, 2.75) is 19.4 Å². The number of hydrogen-bond acceptors (Lipinski definition) is 3.